The summed E-state index contributed by atoms with van der Waals surface area (Å²) >= 11 is 7.49. The third kappa shape index (κ3) is 3.52. The Morgan fingerprint density at radius 1 is 1.29 bits per heavy atom. The summed E-state index contributed by atoms with van der Waals surface area (Å²) in [6, 6.07) is 7.37. The highest BCUT2D eigenvalue weighted by atomic mass is 35.5. The lowest BCUT2D eigenvalue weighted by atomic mass is 10.2. The number of benzene rings is 1. The first kappa shape index (κ1) is 16.7. The number of hydrogen-bond acceptors (Lipinski definition) is 4. The molecule has 1 aliphatic carbocycles. The second-order valence-corrected chi connectivity index (χ2v) is 7.00. The van der Waals surface area contributed by atoms with E-state index in [0.717, 1.165) is 22.9 Å². The van der Waals surface area contributed by atoms with Crippen LogP contribution in [-0.2, 0) is 9.59 Å². The predicted octanol–water partition coefficient (Wildman–Crippen LogP) is 2.36. The summed E-state index contributed by atoms with van der Waals surface area (Å²) in [4.78, 5) is 37.0. The molecule has 24 heavy (non-hydrogen) atoms. The second-order valence-electron chi connectivity index (χ2n) is 5.57. The zero-order chi connectivity index (χ0) is 17.3. The molecule has 3 rings (SSSR count). The number of thiophene rings is 1. The van der Waals surface area contributed by atoms with Crippen molar-refractivity contribution in [1.82, 2.24) is 10.2 Å². The summed E-state index contributed by atoms with van der Waals surface area (Å²) < 4.78 is 0.893. The van der Waals surface area contributed by atoms with E-state index in [0.29, 0.717) is 9.90 Å². The van der Waals surface area contributed by atoms with Crippen LogP contribution in [0, 0.1) is 0 Å². The molecule has 0 atom stereocenters. The van der Waals surface area contributed by atoms with Gasteiger partial charge in [0.2, 0.25) is 5.91 Å². The van der Waals surface area contributed by atoms with Gasteiger partial charge in [-0.3, -0.25) is 14.4 Å². The van der Waals surface area contributed by atoms with Crippen molar-refractivity contribution < 1.29 is 19.5 Å². The predicted molar refractivity (Wildman–Crippen MR) is 91.5 cm³/mol. The van der Waals surface area contributed by atoms with Gasteiger partial charge in [0, 0.05) is 16.1 Å². The highest BCUT2D eigenvalue weighted by Crippen LogP contribution is 2.35. The SMILES string of the molecule is O=C(O)CN(C(=O)CNC(=O)c1sc2ccccc2c1Cl)C1CC1. The van der Waals surface area contributed by atoms with Crippen LogP contribution >= 0.6 is 22.9 Å². The van der Waals surface area contributed by atoms with Crippen LogP contribution in [0.25, 0.3) is 10.1 Å². The molecular formula is C16H15ClN2O4S. The summed E-state index contributed by atoms with van der Waals surface area (Å²) in [5, 5.41) is 12.6. The fourth-order valence-corrected chi connectivity index (χ4v) is 3.88. The minimum absolute atomic E-state index is 0.0292. The number of aliphatic carboxylic acids is 1. The molecule has 0 bridgehead atoms. The smallest absolute Gasteiger partial charge is 0.323 e. The molecule has 0 unspecified atom stereocenters. The number of carboxylic acids is 1. The maximum absolute atomic E-state index is 12.3. The van der Waals surface area contributed by atoms with Gasteiger partial charge < -0.3 is 15.3 Å². The molecule has 0 spiro atoms. The molecule has 8 heteroatoms. The number of rotatable bonds is 6. The molecule has 0 radical (unpaired) electrons. The van der Waals surface area contributed by atoms with Gasteiger partial charge in [0.05, 0.1) is 11.6 Å². The highest BCUT2D eigenvalue weighted by Gasteiger charge is 2.33. The molecule has 2 aromatic rings. The van der Waals surface area contributed by atoms with Crippen molar-refractivity contribution in [3.63, 3.8) is 0 Å². The zero-order valence-corrected chi connectivity index (χ0v) is 14.2. The van der Waals surface area contributed by atoms with Crippen LogP contribution in [-0.4, -0.2) is 46.9 Å². The van der Waals surface area contributed by atoms with Crippen molar-refractivity contribution in [3.8, 4) is 0 Å². The summed E-state index contributed by atoms with van der Waals surface area (Å²) in [7, 11) is 0. The van der Waals surface area contributed by atoms with E-state index in [4.69, 9.17) is 16.7 Å². The van der Waals surface area contributed by atoms with Crippen LogP contribution < -0.4 is 5.32 Å². The van der Waals surface area contributed by atoms with Gasteiger partial charge in [-0.25, -0.2) is 0 Å². The molecule has 1 heterocycles. The standard InChI is InChI=1S/C16H15ClN2O4S/c17-14-10-3-1-2-4-11(10)24-15(14)16(23)18-7-12(20)19(8-13(21)22)9-5-6-9/h1-4,9H,5-8H2,(H,18,23)(H,21,22). The Labute approximate surface area is 147 Å². The number of hydrogen-bond donors (Lipinski definition) is 2. The molecule has 1 saturated carbocycles. The largest absolute Gasteiger partial charge is 0.480 e. The number of carboxylic acid groups (broad SMARTS) is 1. The van der Waals surface area contributed by atoms with E-state index >= 15 is 0 Å². The quantitative estimate of drug-likeness (QED) is 0.821. The van der Waals surface area contributed by atoms with Crippen molar-refractivity contribution >= 4 is 50.8 Å². The summed E-state index contributed by atoms with van der Waals surface area (Å²) in [6.45, 7) is -0.587. The molecule has 2 N–H and O–H groups in total. The Hall–Kier alpha value is -2.12. The fourth-order valence-electron chi connectivity index (χ4n) is 2.45. The van der Waals surface area contributed by atoms with Crippen molar-refractivity contribution in [2.24, 2.45) is 0 Å². The van der Waals surface area contributed by atoms with E-state index in [1.54, 1.807) is 0 Å². The molecule has 1 aromatic carbocycles. The first-order valence-electron chi connectivity index (χ1n) is 7.44. The van der Waals surface area contributed by atoms with Crippen molar-refractivity contribution in [2.75, 3.05) is 13.1 Å². The third-order valence-electron chi connectivity index (χ3n) is 3.75. The molecule has 0 aliphatic heterocycles. The van der Waals surface area contributed by atoms with Gasteiger partial charge in [-0.2, -0.15) is 0 Å². The number of nitrogens with zero attached hydrogens (tertiary/aromatic N) is 1. The minimum atomic E-state index is -1.06. The first-order valence-corrected chi connectivity index (χ1v) is 8.63. The molecular weight excluding hydrogens is 352 g/mol. The maximum Gasteiger partial charge on any atom is 0.323 e. The fraction of sp³-hybridized carbons (Fsp3) is 0.312. The third-order valence-corrected chi connectivity index (χ3v) is 5.43. The van der Waals surface area contributed by atoms with E-state index < -0.39 is 17.8 Å². The number of halogens is 1. The Kier molecular flexibility index (Phi) is 4.73. The number of amides is 2. The topological polar surface area (TPSA) is 86.7 Å². The number of fused-ring (bicyclic) bond motifs is 1. The Morgan fingerprint density at radius 2 is 2.00 bits per heavy atom. The van der Waals surface area contributed by atoms with Gasteiger partial charge >= 0.3 is 5.97 Å². The van der Waals surface area contributed by atoms with Crippen LogP contribution in [0.3, 0.4) is 0 Å². The van der Waals surface area contributed by atoms with Gasteiger partial charge in [0.1, 0.15) is 11.4 Å². The van der Waals surface area contributed by atoms with Crippen LogP contribution in [0.5, 0.6) is 0 Å². The van der Waals surface area contributed by atoms with Gasteiger partial charge in [-0.05, 0) is 18.9 Å². The van der Waals surface area contributed by atoms with Crippen LogP contribution in [0.1, 0.15) is 22.5 Å². The van der Waals surface area contributed by atoms with E-state index in [1.807, 2.05) is 24.3 Å². The number of nitrogens with one attached hydrogen (secondary N) is 1. The van der Waals surface area contributed by atoms with E-state index in [1.165, 1.54) is 16.2 Å². The van der Waals surface area contributed by atoms with Gasteiger partial charge in [0.25, 0.3) is 5.91 Å². The Balaban J connectivity index is 1.66. The monoisotopic (exact) mass is 366 g/mol. The summed E-state index contributed by atoms with van der Waals surface area (Å²) in [6.07, 6.45) is 1.60. The normalized spacial score (nSPS) is 13.7. The lowest BCUT2D eigenvalue weighted by Crippen LogP contribution is -2.43. The van der Waals surface area contributed by atoms with E-state index in [2.05, 4.69) is 5.32 Å². The Morgan fingerprint density at radius 3 is 2.62 bits per heavy atom. The van der Waals surface area contributed by atoms with E-state index in [9.17, 15) is 14.4 Å². The molecule has 1 aliphatic rings. The molecule has 1 fully saturated rings. The summed E-state index contributed by atoms with van der Waals surface area (Å²) in [5.41, 5.74) is 0. The minimum Gasteiger partial charge on any atom is -0.480 e. The van der Waals surface area contributed by atoms with E-state index in [-0.39, 0.29) is 19.1 Å². The van der Waals surface area contributed by atoms with Gasteiger partial charge in [-0.15, -0.1) is 11.3 Å². The molecule has 126 valence electrons. The van der Waals surface area contributed by atoms with Crippen LogP contribution in [0.2, 0.25) is 5.02 Å². The average molecular weight is 367 g/mol. The van der Waals surface area contributed by atoms with Crippen molar-refractivity contribution in [3.05, 3.63) is 34.2 Å². The highest BCUT2D eigenvalue weighted by molar-refractivity contribution is 7.21. The number of carbonyl (C=O) groups is 3. The van der Waals surface area contributed by atoms with Crippen LogP contribution in [0.4, 0.5) is 0 Å². The second kappa shape index (κ2) is 6.78. The first-order chi connectivity index (χ1) is 11.5. The zero-order valence-electron chi connectivity index (χ0n) is 12.6. The Bertz CT molecular complexity index is 816. The van der Waals surface area contributed by atoms with Crippen LogP contribution in [0.15, 0.2) is 24.3 Å². The molecule has 0 saturated heterocycles. The lowest BCUT2D eigenvalue weighted by molar-refractivity contribution is -0.144. The number of carbonyl (C=O) groups excluding carboxylic acids is 2. The molecule has 1 aromatic heterocycles. The molecule has 6 nitrogen and oxygen atoms in total. The lowest BCUT2D eigenvalue weighted by Gasteiger charge is -2.20. The maximum atomic E-state index is 12.3. The van der Waals surface area contributed by atoms with Gasteiger partial charge in [0.15, 0.2) is 0 Å². The van der Waals surface area contributed by atoms with Crippen molar-refractivity contribution in [2.45, 2.75) is 18.9 Å². The van der Waals surface area contributed by atoms with Crippen molar-refractivity contribution in [1.29, 1.82) is 0 Å². The molecule has 2 amide bonds. The summed E-state index contributed by atoms with van der Waals surface area (Å²) in [5.74, 6) is -1.89. The van der Waals surface area contributed by atoms with Gasteiger partial charge in [-0.1, -0.05) is 29.8 Å². The average Bonchev–Trinajstić information content (AvgIpc) is 3.34.